The summed E-state index contributed by atoms with van der Waals surface area (Å²) >= 11 is 6.38. The Bertz CT molecular complexity index is 1260. The largest absolute Gasteiger partial charge is 0.490 e. The smallest absolute Gasteiger partial charge is 0.264 e. The Morgan fingerprint density at radius 1 is 1.12 bits per heavy atom. The second-order valence-electron chi connectivity index (χ2n) is 12.7. The Morgan fingerprint density at radius 2 is 1.95 bits per heavy atom. The number of allylic oxidation sites excluding steroid dienone is 3. The predicted molar refractivity (Wildman–Crippen MR) is 159 cm³/mol. The van der Waals surface area contributed by atoms with Crippen molar-refractivity contribution in [2.45, 2.75) is 71.3 Å². The molecule has 0 radical (unpaired) electrons. The number of aliphatic hydroxyl groups is 1. The number of aliphatic hydroxyl groups excluding tert-OH is 1. The van der Waals surface area contributed by atoms with Crippen molar-refractivity contribution >= 4 is 33.2 Å². The van der Waals surface area contributed by atoms with E-state index in [4.69, 9.17) is 16.3 Å². The van der Waals surface area contributed by atoms with Crippen LogP contribution in [0.5, 0.6) is 5.75 Å². The molecule has 40 heavy (non-hydrogen) atoms. The maximum atomic E-state index is 13.2. The number of amides is 1. The average Bonchev–Trinajstić information content (AvgIpc) is 2.89. The monoisotopic (exact) mass is 590 g/mol. The highest BCUT2D eigenvalue weighted by molar-refractivity contribution is 7.90. The van der Waals surface area contributed by atoms with Crippen LogP contribution in [0.3, 0.4) is 0 Å². The zero-order valence-corrected chi connectivity index (χ0v) is 25.2. The molecule has 220 valence electrons. The molecule has 0 aromatic heterocycles. The van der Waals surface area contributed by atoms with Crippen molar-refractivity contribution in [2.24, 2.45) is 29.1 Å². The van der Waals surface area contributed by atoms with E-state index < -0.39 is 15.9 Å². The van der Waals surface area contributed by atoms with Gasteiger partial charge in [0.1, 0.15) is 5.75 Å². The fourth-order valence-corrected chi connectivity index (χ4v) is 8.45. The van der Waals surface area contributed by atoms with Crippen molar-refractivity contribution in [1.29, 1.82) is 0 Å². The van der Waals surface area contributed by atoms with Crippen LogP contribution in [0.4, 0.5) is 5.69 Å². The molecule has 2 unspecified atom stereocenters. The maximum absolute atomic E-state index is 13.2. The van der Waals surface area contributed by atoms with Crippen molar-refractivity contribution in [3.8, 4) is 5.75 Å². The number of carbonyl (C=O) groups is 1. The Hall–Kier alpha value is -2.03. The number of halogens is 1. The first-order chi connectivity index (χ1) is 19.0. The Labute approximate surface area is 244 Å². The van der Waals surface area contributed by atoms with Crippen LogP contribution in [0.1, 0.15) is 75.6 Å². The fraction of sp³-hybridized carbons (Fsp3) is 0.645. The highest BCUT2D eigenvalue weighted by Gasteiger charge is 2.38. The molecule has 6 atom stereocenters. The summed E-state index contributed by atoms with van der Waals surface area (Å²) in [4.78, 5) is 15.5. The van der Waals surface area contributed by atoms with Gasteiger partial charge in [-0.15, -0.1) is 0 Å². The van der Waals surface area contributed by atoms with Crippen LogP contribution >= 0.6 is 11.6 Å². The van der Waals surface area contributed by atoms with E-state index in [0.29, 0.717) is 36.7 Å². The summed E-state index contributed by atoms with van der Waals surface area (Å²) < 4.78 is 34.5. The van der Waals surface area contributed by atoms with E-state index in [1.807, 2.05) is 13.0 Å². The maximum Gasteiger partial charge on any atom is 0.264 e. The summed E-state index contributed by atoms with van der Waals surface area (Å²) in [6, 6.07) is 5.23. The summed E-state index contributed by atoms with van der Waals surface area (Å²) in [5, 5.41) is 11.8. The third-order valence-electron chi connectivity index (χ3n) is 9.50. The van der Waals surface area contributed by atoms with Gasteiger partial charge in [0.25, 0.3) is 5.91 Å². The molecule has 5 rings (SSSR count). The molecule has 1 amide bonds. The van der Waals surface area contributed by atoms with Gasteiger partial charge in [-0.2, -0.15) is 0 Å². The number of anilines is 1. The summed E-state index contributed by atoms with van der Waals surface area (Å²) in [5.74, 6) is 0.700. The molecule has 2 heterocycles. The fourth-order valence-electron chi connectivity index (χ4n) is 6.84. The van der Waals surface area contributed by atoms with Gasteiger partial charge >= 0.3 is 0 Å². The number of hydrogen-bond donors (Lipinski definition) is 2. The van der Waals surface area contributed by atoms with Crippen LogP contribution in [0, 0.1) is 29.1 Å². The second kappa shape index (κ2) is 12.1. The lowest BCUT2D eigenvalue weighted by atomic mass is 9.69. The van der Waals surface area contributed by atoms with Crippen molar-refractivity contribution in [3.63, 3.8) is 0 Å². The zero-order chi connectivity index (χ0) is 28.5. The zero-order valence-electron chi connectivity index (χ0n) is 23.6. The number of nitrogens with one attached hydrogen (secondary N) is 1. The molecule has 2 N–H and O–H groups in total. The van der Waals surface area contributed by atoms with Gasteiger partial charge in [-0.3, -0.25) is 4.79 Å². The van der Waals surface area contributed by atoms with Crippen LogP contribution < -0.4 is 14.4 Å². The van der Waals surface area contributed by atoms with E-state index in [9.17, 15) is 18.3 Å². The Balaban J connectivity index is 1.51. The first-order valence-electron chi connectivity index (χ1n) is 14.8. The molecule has 4 aliphatic rings. The van der Waals surface area contributed by atoms with Gasteiger partial charge in [0.05, 0.1) is 24.2 Å². The number of ether oxygens (including phenoxy) is 1. The van der Waals surface area contributed by atoms with Gasteiger partial charge in [-0.05, 0) is 86.5 Å². The van der Waals surface area contributed by atoms with E-state index in [0.717, 1.165) is 62.3 Å². The van der Waals surface area contributed by atoms with Crippen molar-refractivity contribution in [3.05, 3.63) is 47.0 Å². The minimum absolute atomic E-state index is 0.109. The van der Waals surface area contributed by atoms with Crippen molar-refractivity contribution < 1.29 is 23.1 Å². The highest BCUT2D eigenvalue weighted by atomic mass is 35.5. The highest BCUT2D eigenvalue weighted by Crippen LogP contribution is 2.44. The molecule has 2 aliphatic carbocycles. The van der Waals surface area contributed by atoms with E-state index in [1.165, 1.54) is 0 Å². The molecule has 2 bridgehead atoms. The number of sulfonamides is 1. The second-order valence-corrected chi connectivity index (χ2v) is 14.9. The normalized spacial score (nSPS) is 35.0. The SMILES string of the molecule is C[C@@H]1CCC[C@H](O)[C@H]2CC[C@H]2CN2CCCCC3C=C(Cl)C=CC3(C)COc3ccc(cc32)C(=O)NS(=O)(=O)C1. The van der Waals surface area contributed by atoms with E-state index >= 15 is 0 Å². The van der Waals surface area contributed by atoms with Gasteiger partial charge in [-0.25, -0.2) is 13.1 Å². The van der Waals surface area contributed by atoms with E-state index in [1.54, 1.807) is 18.2 Å². The molecule has 1 saturated carbocycles. The molecule has 0 saturated heterocycles. The lowest BCUT2D eigenvalue weighted by molar-refractivity contribution is 0.00898. The first kappa shape index (κ1) is 29.5. The number of rotatable bonds is 0. The van der Waals surface area contributed by atoms with Crippen LogP contribution in [0.25, 0.3) is 0 Å². The summed E-state index contributed by atoms with van der Waals surface area (Å²) in [5.41, 5.74) is 0.885. The average molecular weight is 591 g/mol. The van der Waals surface area contributed by atoms with Crippen LogP contribution in [-0.4, -0.2) is 51.0 Å². The molecule has 2 aliphatic heterocycles. The Kier molecular flexibility index (Phi) is 8.89. The molecule has 1 aromatic carbocycles. The van der Waals surface area contributed by atoms with Gasteiger partial charge in [-0.1, -0.05) is 50.4 Å². The third kappa shape index (κ3) is 6.71. The number of fused-ring (bicyclic) bond motifs is 3. The third-order valence-corrected chi connectivity index (χ3v) is 11.3. The summed E-state index contributed by atoms with van der Waals surface area (Å²) in [7, 11) is -3.80. The molecule has 1 fully saturated rings. The molecular formula is C31H43ClN2O5S. The van der Waals surface area contributed by atoms with Crippen LogP contribution in [-0.2, 0) is 10.0 Å². The molecule has 7 nitrogen and oxygen atoms in total. The van der Waals surface area contributed by atoms with Crippen molar-refractivity contribution in [2.75, 3.05) is 30.3 Å². The molecule has 1 aromatic rings. The van der Waals surface area contributed by atoms with Gasteiger partial charge in [0, 0.05) is 29.1 Å². The van der Waals surface area contributed by atoms with Crippen molar-refractivity contribution in [1.82, 2.24) is 4.72 Å². The predicted octanol–water partition coefficient (Wildman–Crippen LogP) is 5.64. The summed E-state index contributed by atoms with van der Waals surface area (Å²) in [6.45, 7) is 6.09. The topological polar surface area (TPSA) is 95.9 Å². The minimum atomic E-state index is -3.80. The lowest BCUT2D eigenvalue weighted by Crippen LogP contribution is -2.44. The first-order valence-corrected chi connectivity index (χ1v) is 16.9. The van der Waals surface area contributed by atoms with E-state index in [-0.39, 0.29) is 35.0 Å². The number of carbonyl (C=O) groups excluding carboxylic acids is 1. The number of benzene rings is 1. The van der Waals surface area contributed by atoms with Crippen LogP contribution in [0.15, 0.2) is 41.5 Å². The summed E-state index contributed by atoms with van der Waals surface area (Å²) in [6.07, 6.45) is 13.0. The molecule has 0 spiro atoms. The van der Waals surface area contributed by atoms with E-state index in [2.05, 4.69) is 28.7 Å². The Morgan fingerprint density at radius 3 is 2.73 bits per heavy atom. The van der Waals surface area contributed by atoms with Crippen LogP contribution in [0.2, 0.25) is 0 Å². The molecule has 9 heteroatoms. The number of nitrogens with zero attached hydrogens (tertiary/aromatic N) is 1. The molecular weight excluding hydrogens is 548 g/mol. The minimum Gasteiger partial charge on any atom is -0.490 e. The van der Waals surface area contributed by atoms with Gasteiger partial charge < -0.3 is 14.7 Å². The lowest BCUT2D eigenvalue weighted by Gasteiger charge is -2.43. The van der Waals surface area contributed by atoms with Gasteiger partial charge in [0.2, 0.25) is 10.0 Å². The quantitative estimate of drug-likeness (QED) is 0.406. The standard InChI is InChI=1S/C31H43ClN2O5S/c1-21-6-5-8-28(35)26-11-9-23(26)18-34-15-4-3-7-24-17-25(32)13-14-31(24,2)20-39-29-12-10-22(16-27(29)34)30(36)33-40(37,38)19-21/h10,12-14,16-17,21,23-24,26,28,35H,3-9,11,15,18-20H2,1-2H3,(H,33,36)/t21-,23+,24?,26+,28+,31?/m1/s1. The van der Waals surface area contributed by atoms with Gasteiger partial charge in [0.15, 0.2) is 0 Å². The number of hydrogen-bond acceptors (Lipinski definition) is 6.